The van der Waals surface area contributed by atoms with Crippen LogP contribution in [0.1, 0.15) is 11.1 Å². The first-order chi connectivity index (χ1) is 45.9. The first-order valence-electron chi connectivity index (χ1n) is 29.2. The Morgan fingerprint density at radius 2 is 0.579 bits per heavy atom. The van der Waals surface area contributed by atoms with Gasteiger partial charge < -0.3 is 21.3 Å². The van der Waals surface area contributed by atoms with Crippen LogP contribution in [-0.4, -0.2) is 39.9 Å². The lowest BCUT2D eigenvalue weighted by molar-refractivity contribution is -0.138. The van der Waals surface area contributed by atoms with E-state index in [1.54, 1.807) is 36.8 Å². The molecular formula is C74H47Cl2F6IN12. The van der Waals surface area contributed by atoms with Gasteiger partial charge in [-0.3, -0.25) is 19.9 Å². The molecule has 0 spiro atoms. The van der Waals surface area contributed by atoms with E-state index in [9.17, 15) is 26.3 Å². The topological polar surface area (TPSA) is 151 Å². The summed E-state index contributed by atoms with van der Waals surface area (Å²) in [6, 6.07) is 71.5. The first-order valence-corrected chi connectivity index (χ1v) is 31.0. The molecule has 0 fully saturated rings. The molecule has 95 heavy (non-hydrogen) atoms. The minimum atomic E-state index is -4.38. The van der Waals surface area contributed by atoms with Crippen molar-refractivity contribution < 1.29 is 26.3 Å². The largest absolute Gasteiger partial charge is 0.416 e. The summed E-state index contributed by atoms with van der Waals surface area (Å²) >= 11 is 14.3. The average Bonchev–Trinajstić information content (AvgIpc) is 0.860. The zero-order valence-electron chi connectivity index (χ0n) is 49.3. The molecule has 4 N–H and O–H groups in total. The van der Waals surface area contributed by atoms with E-state index in [0.717, 1.165) is 112 Å². The highest BCUT2D eigenvalue weighted by Crippen LogP contribution is 2.34. The predicted molar refractivity (Wildman–Crippen MR) is 380 cm³/mol. The molecule has 12 aromatic carbocycles. The van der Waals surface area contributed by atoms with E-state index in [1.165, 1.54) is 38.7 Å². The molecule has 0 aliphatic carbocycles. The summed E-state index contributed by atoms with van der Waals surface area (Å²) < 4.78 is 77.4. The standard InChI is InChI=1S/2C19H12F3N3.C18H11Cl2N3.C18H12IN3/c20-19(21,22)14-6-3-7-15(10-14)24-18-11-23-16-8-12-4-1-2-5-13(12)9-17(16)25-18;20-19(21,22)14-5-7-15(8-6-14)24-18-11-23-16-9-12-3-1-2-4-13(12)10-17(16)25-18;19-14-6-5-13(9-15(14)20)22-18-10-21-16-7-11-3-1-2-4-12(11)8-17(16)23-18;19-14-6-3-7-15(10-14)21-18-11-20-16-8-12-4-1-2-5-13(12)9-17(16)22-18/h2*1-11H,(H,24,25);1-10H,(H,22,23);1-11H,(H,21,22). The summed E-state index contributed by atoms with van der Waals surface area (Å²) in [5.74, 6) is 2.28. The smallest absolute Gasteiger partial charge is 0.339 e. The van der Waals surface area contributed by atoms with Crippen molar-refractivity contribution in [3.8, 4) is 0 Å². The fraction of sp³-hybridized carbons (Fsp3) is 0.0270. The number of fused-ring (bicyclic) bond motifs is 8. The summed E-state index contributed by atoms with van der Waals surface area (Å²) in [5.41, 5.74) is 7.66. The van der Waals surface area contributed by atoms with Crippen molar-refractivity contribution in [2.75, 3.05) is 21.3 Å². The number of nitrogens with one attached hydrogen (secondary N) is 4. The number of halogens is 9. The number of benzene rings is 12. The number of anilines is 8. The Bertz CT molecular complexity index is 5520. The fourth-order valence-electron chi connectivity index (χ4n) is 10.3. The van der Waals surface area contributed by atoms with Crippen molar-refractivity contribution in [1.29, 1.82) is 0 Å². The SMILES string of the molecule is Clc1ccc(Nc2cnc3cc4ccccc4cc3n2)cc1Cl.FC(F)(F)c1ccc(Nc2cnc3cc4ccccc4cc3n2)cc1.FC(F)(F)c1cccc(Nc2cnc3cc4ccccc4cc3n2)c1.Ic1cccc(Nc2cnc3cc4ccccc4cc3n2)c1. The number of nitrogens with zero attached hydrogens (tertiary/aromatic N) is 8. The second-order valence-corrected chi connectivity index (χ2v) is 23.6. The Labute approximate surface area is 561 Å². The molecule has 0 atom stereocenters. The van der Waals surface area contributed by atoms with Gasteiger partial charge in [0.2, 0.25) is 0 Å². The maximum absolute atomic E-state index is 12.8. The van der Waals surface area contributed by atoms with Crippen LogP contribution >= 0.6 is 45.8 Å². The van der Waals surface area contributed by atoms with E-state index in [-0.39, 0.29) is 0 Å². The molecule has 0 bridgehead atoms. The third kappa shape index (κ3) is 15.5. The van der Waals surface area contributed by atoms with Gasteiger partial charge >= 0.3 is 12.4 Å². The van der Waals surface area contributed by atoms with E-state index in [2.05, 4.69) is 132 Å². The predicted octanol–water partition coefficient (Wildman–Crippen LogP) is 22.1. The van der Waals surface area contributed by atoms with Crippen LogP contribution in [0.4, 0.5) is 72.4 Å². The lowest BCUT2D eigenvalue weighted by Gasteiger charge is -2.10. The lowest BCUT2D eigenvalue weighted by Crippen LogP contribution is -2.05. The highest BCUT2D eigenvalue weighted by atomic mass is 127. The van der Waals surface area contributed by atoms with E-state index < -0.39 is 23.5 Å². The molecule has 0 unspecified atom stereocenters. The van der Waals surface area contributed by atoms with Gasteiger partial charge in [0.1, 0.15) is 23.3 Å². The molecule has 16 rings (SSSR count). The summed E-state index contributed by atoms with van der Waals surface area (Å²) in [6.07, 6.45) is -2.17. The Kier molecular flexibility index (Phi) is 18.1. The van der Waals surface area contributed by atoms with E-state index in [1.807, 2.05) is 127 Å². The second-order valence-electron chi connectivity index (χ2n) is 21.6. The molecule has 0 amide bonds. The zero-order valence-corrected chi connectivity index (χ0v) is 53.0. The van der Waals surface area contributed by atoms with Gasteiger partial charge in [0.15, 0.2) is 0 Å². The van der Waals surface area contributed by atoms with Crippen LogP contribution in [0.3, 0.4) is 0 Å². The Morgan fingerprint density at radius 1 is 0.274 bits per heavy atom. The molecule has 16 aromatic rings. The van der Waals surface area contributed by atoms with Crippen LogP contribution in [0, 0.1) is 3.57 Å². The molecule has 0 saturated carbocycles. The first kappa shape index (κ1) is 62.9. The van der Waals surface area contributed by atoms with Crippen molar-refractivity contribution in [3.63, 3.8) is 0 Å². The van der Waals surface area contributed by atoms with Crippen molar-refractivity contribution in [1.82, 2.24) is 39.9 Å². The molecule has 12 nitrogen and oxygen atoms in total. The van der Waals surface area contributed by atoms with Gasteiger partial charge in [0, 0.05) is 26.3 Å². The summed E-state index contributed by atoms with van der Waals surface area (Å²) in [4.78, 5) is 36.0. The third-order valence-electron chi connectivity index (χ3n) is 14.9. The van der Waals surface area contributed by atoms with Crippen molar-refractivity contribution in [2.24, 2.45) is 0 Å². The van der Waals surface area contributed by atoms with Crippen molar-refractivity contribution in [3.05, 3.63) is 286 Å². The van der Waals surface area contributed by atoms with Gasteiger partial charge in [0.05, 0.1) is 90.1 Å². The Balaban J connectivity index is 0.000000115. The van der Waals surface area contributed by atoms with Gasteiger partial charge in [-0.05, 0) is 193 Å². The minimum absolute atomic E-state index is 0.310. The average molecular weight is 1420 g/mol. The second kappa shape index (κ2) is 27.4. The van der Waals surface area contributed by atoms with Gasteiger partial charge in [0.25, 0.3) is 0 Å². The van der Waals surface area contributed by atoms with E-state index in [0.29, 0.717) is 44.4 Å². The number of hydrogen-bond donors (Lipinski definition) is 4. The number of aromatic nitrogens is 8. The van der Waals surface area contributed by atoms with E-state index >= 15 is 0 Å². The number of rotatable bonds is 8. The third-order valence-corrected chi connectivity index (χ3v) is 16.3. The molecule has 0 saturated heterocycles. The molecule has 21 heteroatoms. The summed E-state index contributed by atoms with van der Waals surface area (Å²) in [6.45, 7) is 0. The zero-order chi connectivity index (χ0) is 65.6. The van der Waals surface area contributed by atoms with Crippen molar-refractivity contribution in [2.45, 2.75) is 12.4 Å². The Morgan fingerprint density at radius 3 is 0.916 bits per heavy atom. The van der Waals surface area contributed by atoms with E-state index in [4.69, 9.17) is 23.2 Å². The minimum Gasteiger partial charge on any atom is -0.339 e. The molecule has 4 heterocycles. The lowest BCUT2D eigenvalue weighted by atomic mass is 10.1. The van der Waals surface area contributed by atoms with Crippen LogP contribution in [0.25, 0.3) is 87.2 Å². The van der Waals surface area contributed by atoms with Crippen LogP contribution in [0.5, 0.6) is 0 Å². The van der Waals surface area contributed by atoms with Gasteiger partial charge in [-0.25, -0.2) is 19.9 Å². The molecule has 0 aliphatic rings. The monoisotopic (exact) mass is 1410 g/mol. The number of hydrogen-bond acceptors (Lipinski definition) is 12. The van der Waals surface area contributed by atoms with Gasteiger partial charge in [-0.2, -0.15) is 26.3 Å². The molecule has 0 radical (unpaired) electrons. The number of alkyl halides is 6. The summed E-state index contributed by atoms with van der Waals surface area (Å²) in [7, 11) is 0. The van der Waals surface area contributed by atoms with Crippen LogP contribution < -0.4 is 21.3 Å². The maximum Gasteiger partial charge on any atom is 0.416 e. The van der Waals surface area contributed by atoms with Gasteiger partial charge in [-0.1, -0.05) is 132 Å². The fourth-order valence-corrected chi connectivity index (χ4v) is 11.1. The molecular weight excluding hydrogens is 1370 g/mol. The highest BCUT2D eigenvalue weighted by Gasteiger charge is 2.31. The van der Waals surface area contributed by atoms with Crippen LogP contribution in [0.2, 0.25) is 10.0 Å². The van der Waals surface area contributed by atoms with Crippen LogP contribution in [0.15, 0.2) is 261 Å². The summed E-state index contributed by atoms with van der Waals surface area (Å²) in [5, 5.41) is 22.3. The quantitative estimate of drug-likeness (QED) is 0.0651. The Hall–Kier alpha value is -10.9. The molecule has 466 valence electrons. The maximum atomic E-state index is 12.8. The molecule has 0 aliphatic heterocycles. The molecule has 4 aromatic heterocycles. The normalized spacial score (nSPS) is 11.4. The van der Waals surface area contributed by atoms with Gasteiger partial charge in [-0.15, -0.1) is 0 Å². The van der Waals surface area contributed by atoms with Crippen LogP contribution in [-0.2, 0) is 12.4 Å². The van der Waals surface area contributed by atoms with Crippen molar-refractivity contribution >= 4 is 179 Å². The highest BCUT2D eigenvalue weighted by molar-refractivity contribution is 14.1.